The van der Waals surface area contributed by atoms with Crippen LogP contribution >= 0.6 is 0 Å². The molecule has 8 heteroatoms. The van der Waals surface area contributed by atoms with Crippen molar-refractivity contribution in [1.29, 1.82) is 0 Å². The maximum atomic E-state index is 13.0. The summed E-state index contributed by atoms with van der Waals surface area (Å²) in [5.41, 5.74) is 0.472. The summed E-state index contributed by atoms with van der Waals surface area (Å²) in [5.74, 6) is -1.43. The molecule has 0 spiro atoms. The highest BCUT2D eigenvalue weighted by Crippen LogP contribution is 2.12. The van der Waals surface area contributed by atoms with Gasteiger partial charge < -0.3 is 5.32 Å². The van der Waals surface area contributed by atoms with E-state index < -0.39 is 28.3 Å². The Labute approximate surface area is 138 Å². The van der Waals surface area contributed by atoms with Crippen LogP contribution in [0.3, 0.4) is 0 Å². The molecule has 24 heavy (non-hydrogen) atoms. The highest BCUT2D eigenvalue weighted by Gasteiger charge is 2.16. The van der Waals surface area contributed by atoms with Crippen LogP contribution in [0, 0.1) is 5.82 Å². The molecule has 126 valence electrons. The number of sulfonamides is 1. The Hall–Kier alpha value is -2.58. The van der Waals surface area contributed by atoms with Gasteiger partial charge in [0.15, 0.2) is 5.78 Å². The average Bonchev–Trinajstić information content (AvgIpc) is 2.53. The molecule has 0 heterocycles. The molecule has 0 atom stereocenters. The van der Waals surface area contributed by atoms with E-state index >= 15 is 0 Å². The van der Waals surface area contributed by atoms with Crippen LogP contribution in [0.5, 0.6) is 0 Å². The van der Waals surface area contributed by atoms with Crippen molar-refractivity contribution in [2.75, 3.05) is 11.9 Å². The first-order chi connectivity index (χ1) is 11.3. The second-order valence-corrected chi connectivity index (χ2v) is 6.73. The van der Waals surface area contributed by atoms with Gasteiger partial charge in [0.25, 0.3) is 0 Å². The molecule has 0 saturated carbocycles. The van der Waals surface area contributed by atoms with Crippen LogP contribution in [0.25, 0.3) is 0 Å². The van der Waals surface area contributed by atoms with Crippen molar-refractivity contribution < 1.29 is 22.4 Å². The van der Waals surface area contributed by atoms with E-state index in [-0.39, 0.29) is 21.9 Å². The molecule has 2 rings (SSSR count). The summed E-state index contributed by atoms with van der Waals surface area (Å²) < 4.78 is 39.5. The van der Waals surface area contributed by atoms with Gasteiger partial charge in [-0.1, -0.05) is 18.2 Å². The van der Waals surface area contributed by atoms with Crippen LogP contribution in [0.2, 0.25) is 0 Å². The molecule has 0 unspecified atom stereocenters. The van der Waals surface area contributed by atoms with Gasteiger partial charge in [-0.25, -0.2) is 17.5 Å². The van der Waals surface area contributed by atoms with Gasteiger partial charge in [0.2, 0.25) is 15.9 Å². The van der Waals surface area contributed by atoms with E-state index in [0.717, 1.165) is 6.07 Å². The van der Waals surface area contributed by atoms with Crippen molar-refractivity contribution in [3.8, 4) is 0 Å². The first kappa shape index (κ1) is 17.8. The van der Waals surface area contributed by atoms with Crippen LogP contribution in [-0.4, -0.2) is 26.7 Å². The fourth-order valence-electron chi connectivity index (χ4n) is 1.90. The molecule has 0 aliphatic carbocycles. The number of Topliss-reactive ketones (excluding diaryl/α,β-unsaturated/α-hetero) is 1. The Morgan fingerprint density at radius 3 is 2.46 bits per heavy atom. The number of anilines is 1. The normalized spacial score (nSPS) is 11.1. The van der Waals surface area contributed by atoms with Crippen molar-refractivity contribution in [3.05, 3.63) is 59.9 Å². The number of carbonyl (C=O) groups is 2. The van der Waals surface area contributed by atoms with E-state index in [0.29, 0.717) is 0 Å². The number of hydrogen-bond donors (Lipinski definition) is 2. The van der Waals surface area contributed by atoms with Crippen LogP contribution < -0.4 is 10.0 Å². The van der Waals surface area contributed by atoms with Gasteiger partial charge in [-0.15, -0.1) is 0 Å². The molecule has 1 amide bonds. The molecule has 0 aliphatic heterocycles. The zero-order valence-electron chi connectivity index (χ0n) is 12.7. The molecule has 0 saturated heterocycles. The lowest BCUT2D eigenvalue weighted by Crippen LogP contribution is -2.33. The number of benzene rings is 2. The van der Waals surface area contributed by atoms with Crippen molar-refractivity contribution in [1.82, 2.24) is 4.72 Å². The standard InChI is InChI=1S/C16H15FN2O4S/c1-11(20)12-4-2-7-15(8-12)24(22,23)18-10-16(21)19-14-6-3-5-13(17)9-14/h2-9,18H,10H2,1H3,(H,19,21). The fourth-order valence-corrected chi connectivity index (χ4v) is 2.93. The number of rotatable bonds is 6. The minimum Gasteiger partial charge on any atom is -0.325 e. The van der Waals surface area contributed by atoms with E-state index in [1.807, 2.05) is 0 Å². The number of nitrogens with one attached hydrogen (secondary N) is 2. The first-order valence-electron chi connectivity index (χ1n) is 6.94. The van der Waals surface area contributed by atoms with Gasteiger partial charge in [-0.2, -0.15) is 0 Å². The number of carbonyl (C=O) groups excluding carboxylic acids is 2. The van der Waals surface area contributed by atoms with Gasteiger partial charge >= 0.3 is 0 Å². The second kappa shape index (κ2) is 7.33. The van der Waals surface area contributed by atoms with E-state index in [9.17, 15) is 22.4 Å². The van der Waals surface area contributed by atoms with Crippen molar-refractivity contribution in [3.63, 3.8) is 0 Å². The SMILES string of the molecule is CC(=O)c1cccc(S(=O)(=O)NCC(=O)Nc2cccc(F)c2)c1. The molecular formula is C16H15FN2O4S. The monoisotopic (exact) mass is 350 g/mol. The predicted molar refractivity (Wildman–Crippen MR) is 86.7 cm³/mol. The molecule has 2 aromatic carbocycles. The maximum absolute atomic E-state index is 13.0. The van der Waals surface area contributed by atoms with E-state index in [1.165, 1.54) is 49.4 Å². The topological polar surface area (TPSA) is 92.3 Å². The van der Waals surface area contributed by atoms with Crippen molar-refractivity contribution in [2.45, 2.75) is 11.8 Å². The molecule has 0 bridgehead atoms. The third-order valence-electron chi connectivity index (χ3n) is 3.08. The van der Waals surface area contributed by atoms with E-state index in [4.69, 9.17) is 0 Å². The Bertz CT molecular complexity index is 881. The number of hydrogen-bond acceptors (Lipinski definition) is 4. The lowest BCUT2D eigenvalue weighted by atomic mass is 10.2. The minimum atomic E-state index is -3.95. The predicted octanol–water partition coefficient (Wildman–Crippen LogP) is 1.95. The van der Waals surface area contributed by atoms with Crippen LogP contribution in [0.1, 0.15) is 17.3 Å². The summed E-state index contributed by atoms with van der Waals surface area (Å²) in [6.07, 6.45) is 0. The fraction of sp³-hybridized carbons (Fsp3) is 0.125. The highest BCUT2D eigenvalue weighted by atomic mass is 32.2. The highest BCUT2D eigenvalue weighted by molar-refractivity contribution is 7.89. The lowest BCUT2D eigenvalue weighted by molar-refractivity contribution is -0.115. The second-order valence-electron chi connectivity index (χ2n) is 4.97. The molecule has 6 nitrogen and oxygen atoms in total. The number of amides is 1. The van der Waals surface area contributed by atoms with Crippen molar-refractivity contribution >= 4 is 27.4 Å². The quantitative estimate of drug-likeness (QED) is 0.779. The summed E-state index contributed by atoms with van der Waals surface area (Å²) in [7, 11) is -3.95. The molecule has 2 N–H and O–H groups in total. The Kier molecular flexibility index (Phi) is 5.42. The van der Waals surface area contributed by atoms with Crippen LogP contribution in [-0.2, 0) is 14.8 Å². The third-order valence-corrected chi connectivity index (χ3v) is 4.48. The zero-order chi connectivity index (χ0) is 17.7. The average molecular weight is 350 g/mol. The van der Waals surface area contributed by atoms with Gasteiger partial charge in [-0.3, -0.25) is 9.59 Å². The molecular weight excluding hydrogens is 335 g/mol. The summed E-state index contributed by atoms with van der Waals surface area (Å²) >= 11 is 0. The van der Waals surface area contributed by atoms with Gasteiger partial charge in [0, 0.05) is 11.3 Å². The smallest absolute Gasteiger partial charge is 0.241 e. The summed E-state index contributed by atoms with van der Waals surface area (Å²) in [4.78, 5) is 23.0. The molecule has 0 aromatic heterocycles. The van der Waals surface area contributed by atoms with Gasteiger partial charge in [-0.05, 0) is 37.3 Å². The largest absolute Gasteiger partial charge is 0.325 e. The lowest BCUT2D eigenvalue weighted by Gasteiger charge is -2.08. The maximum Gasteiger partial charge on any atom is 0.241 e. The summed E-state index contributed by atoms with van der Waals surface area (Å²) in [6, 6.07) is 10.7. The van der Waals surface area contributed by atoms with Gasteiger partial charge in [0.05, 0.1) is 11.4 Å². The molecule has 0 aliphatic rings. The third kappa shape index (κ3) is 4.71. The Morgan fingerprint density at radius 1 is 1.08 bits per heavy atom. The summed E-state index contributed by atoms with van der Waals surface area (Å²) in [5, 5.41) is 2.38. The number of halogens is 1. The summed E-state index contributed by atoms with van der Waals surface area (Å²) in [6.45, 7) is 0.800. The van der Waals surface area contributed by atoms with E-state index in [2.05, 4.69) is 10.0 Å². The molecule has 0 fully saturated rings. The number of ketones is 1. The van der Waals surface area contributed by atoms with Gasteiger partial charge in [0.1, 0.15) is 5.82 Å². The Morgan fingerprint density at radius 2 is 1.79 bits per heavy atom. The van der Waals surface area contributed by atoms with Crippen molar-refractivity contribution in [2.24, 2.45) is 0 Å². The minimum absolute atomic E-state index is 0.117. The first-order valence-corrected chi connectivity index (χ1v) is 8.42. The zero-order valence-corrected chi connectivity index (χ0v) is 13.6. The molecule has 0 radical (unpaired) electrons. The molecule has 2 aromatic rings. The van der Waals surface area contributed by atoms with Crippen LogP contribution in [0.15, 0.2) is 53.4 Å². The Balaban J connectivity index is 2.03. The van der Waals surface area contributed by atoms with E-state index in [1.54, 1.807) is 0 Å². The van der Waals surface area contributed by atoms with Crippen LogP contribution in [0.4, 0.5) is 10.1 Å².